The van der Waals surface area contributed by atoms with Crippen molar-refractivity contribution in [3.05, 3.63) is 41.4 Å². The standard InChI is InChI=1S/C19H19N5O4S/c1-11-17-13(9-21-18(11)20-2)23-19(24-17)29-10-16(26)22-12-4-5-14(27-3)15(8-12)28-7-6-25/h4-5,8-9,25H,6-7,10H2,1,3H3,(H,22,26)(H,23,24). The fourth-order valence-electron chi connectivity index (χ4n) is 2.61. The second kappa shape index (κ2) is 9.27. The highest BCUT2D eigenvalue weighted by Crippen LogP contribution is 2.30. The van der Waals surface area contributed by atoms with Crippen LogP contribution >= 0.6 is 11.8 Å². The van der Waals surface area contributed by atoms with Crippen LogP contribution in [0.1, 0.15) is 5.56 Å². The molecule has 0 unspecified atom stereocenters. The predicted molar refractivity (Wildman–Crippen MR) is 110 cm³/mol. The van der Waals surface area contributed by atoms with Gasteiger partial charge in [0.25, 0.3) is 5.82 Å². The zero-order valence-electron chi connectivity index (χ0n) is 15.9. The summed E-state index contributed by atoms with van der Waals surface area (Å²) in [4.78, 5) is 27.3. The van der Waals surface area contributed by atoms with Crippen LogP contribution in [0, 0.1) is 13.5 Å². The topological polar surface area (TPSA) is 114 Å². The number of aryl methyl sites for hydroxylation is 1. The average Bonchev–Trinajstić information content (AvgIpc) is 3.15. The first-order chi connectivity index (χ1) is 14.0. The van der Waals surface area contributed by atoms with Gasteiger partial charge in [-0.2, -0.15) is 0 Å². The number of aliphatic hydroxyl groups excluding tert-OH is 1. The van der Waals surface area contributed by atoms with Crippen LogP contribution in [0.4, 0.5) is 11.5 Å². The number of aromatic nitrogens is 3. The molecule has 0 spiro atoms. The summed E-state index contributed by atoms with van der Waals surface area (Å²) >= 11 is 1.25. The molecule has 0 bridgehead atoms. The molecule has 0 saturated carbocycles. The molecule has 0 aliphatic carbocycles. The van der Waals surface area contributed by atoms with Gasteiger partial charge < -0.3 is 29.7 Å². The van der Waals surface area contributed by atoms with Crippen molar-refractivity contribution in [3.63, 3.8) is 0 Å². The van der Waals surface area contributed by atoms with Gasteiger partial charge in [-0.3, -0.25) is 4.79 Å². The molecule has 0 saturated heterocycles. The maximum atomic E-state index is 12.3. The van der Waals surface area contributed by atoms with E-state index in [0.717, 1.165) is 5.52 Å². The number of carbonyl (C=O) groups is 1. The lowest BCUT2D eigenvalue weighted by molar-refractivity contribution is -0.113. The second-order valence-corrected chi connectivity index (χ2v) is 6.86. The van der Waals surface area contributed by atoms with E-state index in [1.165, 1.54) is 18.9 Å². The Kier molecular flexibility index (Phi) is 6.54. The van der Waals surface area contributed by atoms with Crippen molar-refractivity contribution in [1.29, 1.82) is 0 Å². The van der Waals surface area contributed by atoms with Gasteiger partial charge in [0.1, 0.15) is 18.3 Å². The first-order valence-electron chi connectivity index (χ1n) is 8.62. The van der Waals surface area contributed by atoms with Gasteiger partial charge in [0.2, 0.25) is 5.91 Å². The number of anilines is 1. The number of ether oxygens (including phenoxy) is 2. The molecule has 0 aliphatic heterocycles. The van der Waals surface area contributed by atoms with E-state index in [1.807, 2.05) is 0 Å². The third-order valence-electron chi connectivity index (χ3n) is 3.96. The molecule has 29 heavy (non-hydrogen) atoms. The molecular formula is C19H19N5O4S. The predicted octanol–water partition coefficient (Wildman–Crippen LogP) is 2.93. The number of pyridine rings is 1. The molecule has 3 rings (SSSR count). The highest BCUT2D eigenvalue weighted by atomic mass is 32.2. The Balaban J connectivity index is 1.65. The molecular weight excluding hydrogens is 394 g/mol. The zero-order valence-corrected chi connectivity index (χ0v) is 16.7. The number of H-pyrrole nitrogens is 1. The number of aromatic amines is 1. The van der Waals surface area contributed by atoms with E-state index >= 15 is 0 Å². The minimum atomic E-state index is -0.217. The molecule has 2 aromatic heterocycles. The molecule has 0 radical (unpaired) electrons. The summed E-state index contributed by atoms with van der Waals surface area (Å²) < 4.78 is 10.6. The molecule has 1 aromatic carbocycles. The summed E-state index contributed by atoms with van der Waals surface area (Å²) in [7, 11) is 1.52. The van der Waals surface area contributed by atoms with E-state index in [4.69, 9.17) is 21.2 Å². The number of imidazole rings is 1. The minimum absolute atomic E-state index is 0.124. The number of aliphatic hydroxyl groups is 1. The number of carbonyl (C=O) groups excluding carboxylic acids is 1. The molecule has 3 N–H and O–H groups in total. The van der Waals surface area contributed by atoms with Gasteiger partial charge in [0.05, 0.1) is 25.0 Å². The van der Waals surface area contributed by atoms with Crippen molar-refractivity contribution in [1.82, 2.24) is 15.0 Å². The number of methoxy groups -OCH3 is 1. The largest absolute Gasteiger partial charge is 0.493 e. The Labute approximate surface area is 171 Å². The van der Waals surface area contributed by atoms with Crippen molar-refractivity contribution in [2.45, 2.75) is 12.1 Å². The molecule has 150 valence electrons. The fourth-order valence-corrected chi connectivity index (χ4v) is 3.28. The first-order valence-corrected chi connectivity index (χ1v) is 9.61. The van der Waals surface area contributed by atoms with Crippen LogP contribution < -0.4 is 14.8 Å². The van der Waals surface area contributed by atoms with Crippen molar-refractivity contribution in [2.24, 2.45) is 0 Å². The highest BCUT2D eigenvalue weighted by Gasteiger charge is 2.13. The molecule has 2 heterocycles. The second-order valence-electron chi connectivity index (χ2n) is 5.90. The van der Waals surface area contributed by atoms with Crippen LogP contribution in [0.2, 0.25) is 0 Å². The molecule has 0 fully saturated rings. The van der Waals surface area contributed by atoms with Gasteiger partial charge in [-0.05, 0) is 19.1 Å². The lowest BCUT2D eigenvalue weighted by Gasteiger charge is -2.12. The molecule has 0 atom stereocenters. The lowest BCUT2D eigenvalue weighted by atomic mass is 10.2. The Morgan fingerprint density at radius 1 is 1.41 bits per heavy atom. The van der Waals surface area contributed by atoms with Crippen molar-refractivity contribution >= 4 is 40.2 Å². The monoisotopic (exact) mass is 413 g/mol. The normalized spacial score (nSPS) is 10.6. The van der Waals surface area contributed by atoms with Crippen LogP contribution in [0.15, 0.2) is 29.6 Å². The van der Waals surface area contributed by atoms with E-state index in [2.05, 4.69) is 25.1 Å². The smallest absolute Gasteiger partial charge is 0.274 e. The number of nitrogens with one attached hydrogen (secondary N) is 2. The van der Waals surface area contributed by atoms with Crippen LogP contribution in [0.5, 0.6) is 11.5 Å². The summed E-state index contributed by atoms with van der Waals surface area (Å²) in [6.45, 7) is 8.92. The number of benzene rings is 1. The maximum absolute atomic E-state index is 12.3. The van der Waals surface area contributed by atoms with Gasteiger partial charge >= 0.3 is 0 Å². The third-order valence-corrected chi connectivity index (χ3v) is 4.83. The number of thioether (sulfide) groups is 1. The quantitative estimate of drug-likeness (QED) is 0.384. The Hall–Kier alpha value is -3.29. The van der Waals surface area contributed by atoms with Crippen molar-refractivity contribution in [2.75, 3.05) is 31.4 Å². The van der Waals surface area contributed by atoms with Crippen LogP contribution in [-0.2, 0) is 4.79 Å². The van der Waals surface area contributed by atoms with Crippen molar-refractivity contribution in [3.8, 4) is 11.5 Å². The van der Waals surface area contributed by atoms with E-state index in [1.54, 1.807) is 31.3 Å². The van der Waals surface area contributed by atoms with E-state index in [9.17, 15) is 4.79 Å². The zero-order chi connectivity index (χ0) is 20.8. The number of rotatable bonds is 8. The third kappa shape index (κ3) is 4.77. The van der Waals surface area contributed by atoms with Crippen LogP contribution in [-0.4, -0.2) is 52.0 Å². The molecule has 10 heteroatoms. The molecule has 9 nitrogen and oxygen atoms in total. The number of hydrogen-bond acceptors (Lipinski definition) is 7. The van der Waals surface area contributed by atoms with Gasteiger partial charge in [-0.25, -0.2) is 4.98 Å². The van der Waals surface area contributed by atoms with E-state index in [0.29, 0.717) is 39.2 Å². The highest BCUT2D eigenvalue weighted by molar-refractivity contribution is 7.99. The van der Waals surface area contributed by atoms with Crippen LogP contribution in [0.25, 0.3) is 15.9 Å². The summed E-state index contributed by atoms with van der Waals surface area (Å²) in [5.74, 6) is 1.18. The molecule has 1 amide bonds. The molecule has 3 aromatic rings. The van der Waals surface area contributed by atoms with Gasteiger partial charge in [0.15, 0.2) is 16.7 Å². The summed E-state index contributed by atoms with van der Waals surface area (Å²) in [5.41, 5.74) is 2.66. The fraction of sp³-hybridized carbons (Fsp3) is 0.263. The summed E-state index contributed by atoms with van der Waals surface area (Å²) in [5, 5.41) is 12.3. The first kappa shape index (κ1) is 20.4. The summed E-state index contributed by atoms with van der Waals surface area (Å²) in [6, 6.07) is 5.02. The summed E-state index contributed by atoms with van der Waals surface area (Å²) in [6.07, 6.45) is 1.57. The van der Waals surface area contributed by atoms with Gasteiger partial charge in [0, 0.05) is 17.3 Å². The van der Waals surface area contributed by atoms with Crippen LogP contribution in [0.3, 0.4) is 0 Å². The number of fused-ring (bicyclic) bond motifs is 1. The Morgan fingerprint density at radius 3 is 2.97 bits per heavy atom. The van der Waals surface area contributed by atoms with E-state index in [-0.39, 0.29) is 24.9 Å². The molecule has 0 aliphatic rings. The van der Waals surface area contributed by atoms with Gasteiger partial charge in [-0.15, -0.1) is 4.98 Å². The average molecular weight is 413 g/mol. The number of hydrogen-bond donors (Lipinski definition) is 3. The minimum Gasteiger partial charge on any atom is -0.493 e. The van der Waals surface area contributed by atoms with Crippen molar-refractivity contribution < 1.29 is 19.4 Å². The van der Waals surface area contributed by atoms with Gasteiger partial charge in [-0.1, -0.05) is 18.3 Å². The lowest BCUT2D eigenvalue weighted by Crippen LogP contribution is -2.14. The number of nitrogens with zero attached hydrogens (tertiary/aromatic N) is 3. The SMILES string of the molecule is [C-]#[N+]c1ncc2[nH]c(SCC(=O)Nc3ccc(OC)c(OCCO)c3)nc2c1C. The maximum Gasteiger partial charge on any atom is 0.274 e. The Bertz CT molecular complexity index is 1080. The van der Waals surface area contributed by atoms with E-state index < -0.39 is 0 Å². The Morgan fingerprint density at radius 2 is 2.24 bits per heavy atom. The number of amides is 1.